The lowest BCUT2D eigenvalue weighted by atomic mass is 10.2. The van der Waals surface area contributed by atoms with Crippen molar-refractivity contribution in [3.8, 4) is 11.5 Å². The zero-order chi connectivity index (χ0) is 22.0. The molecule has 0 saturated carbocycles. The van der Waals surface area contributed by atoms with E-state index >= 15 is 0 Å². The van der Waals surface area contributed by atoms with Crippen LogP contribution < -0.4 is 5.32 Å². The van der Waals surface area contributed by atoms with Crippen molar-refractivity contribution in [2.45, 2.75) is 40.2 Å². The molecule has 29 heavy (non-hydrogen) atoms. The second-order valence-corrected chi connectivity index (χ2v) is 17.5. The maximum atomic E-state index is 13.1. The molecular weight excluding hydrogens is 450 g/mol. The van der Waals surface area contributed by atoms with Crippen molar-refractivity contribution in [2.75, 3.05) is 6.26 Å². The van der Waals surface area contributed by atoms with E-state index in [1.54, 1.807) is 0 Å². The van der Waals surface area contributed by atoms with Crippen LogP contribution in [-0.2, 0) is 26.2 Å². The molecular formula is C18H21NO6S3Si. The Balaban J connectivity index is 2.56. The molecule has 0 fully saturated rings. The molecule has 2 N–H and O–H groups in total. The van der Waals surface area contributed by atoms with E-state index in [2.05, 4.69) is 16.8 Å². The lowest BCUT2D eigenvalue weighted by Gasteiger charge is -2.07. The highest BCUT2D eigenvalue weighted by molar-refractivity contribution is 7.93. The molecule has 0 radical (unpaired) electrons. The number of hydrogen-bond donors (Lipinski definition) is 2. The summed E-state index contributed by atoms with van der Waals surface area (Å²) in [5.74, 6) is 2.91. The molecule has 0 aliphatic heterocycles. The Labute approximate surface area is 175 Å². The summed E-state index contributed by atoms with van der Waals surface area (Å²) in [6, 6.07) is 6.75. The molecule has 2 rings (SSSR count). The van der Waals surface area contributed by atoms with E-state index < -0.39 is 33.8 Å². The molecule has 0 bridgehead atoms. The highest BCUT2D eigenvalue weighted by Gasteiger charge is 2.23. The normalized spacial score (nSPS) is 12.1. The molecule has 7 nitrogen and oxygen atoms in total. The lowest BCUT2D eigenvalue weighted by molar-refractivity contribution is 0.194. The average Bonchev–Trinajstić information content (AvgIpc) is 3.06. The van der Waals surface area contributed by atoms with Gasteiger partial charge in [-0.1, -0.05) is 25.6 Å². The third kappa shape index (κ3) is 6.43. The largest absolute Gasteiger partial charge is 0.465 e. The molecule has 1 amide bonds. The standard InChI is InChI=1S/C18H21NO6S3Si/c1-27(22,23)15-9-13(7-8-29(2,3)4)10-16(11-15)28(24,25)17-6-5-14(26-17)12-19-18(20)21/h5-6,9-11,19H,12H2,1-4H3,(H,20,21). The van der Waals surface area contributed by atoms with E-state index in [4.69, 9.17) is 5.11 Å². The second-order valence-electron chi connectivity index (χ2n) is 7.35. The maximum Gasteiger partial charge on any atom is 0.404 e. The number of thiophene rings is 1. The van der Waals surface area contributed by atoms with Gasteiger partial charge in [0.1, 0.15) is 12.3 Å². The Morgan fingerprint density at radius 1 is 1.10 bits per heavy atom. The molecule has 156 valence electrons. The SMILES string of the molecule is C[Si](C)(C)C#Cc1cc(S(C)(=O)=O)cc(S(=O)(=O)c2ccc(CNC(=O)O)s2)c1. The third-order valence-electron chi connectivity index (χ3n) is 3.52. The van der Waals surface area contributed by atoms with Crippen molar-refractivity contribution >= 4 is 45.2 Å². The Hall–Kier alpha value is -2.13. The molecule has 0 saturated heterocycles. The van der Waals surface area contributed by atoms with E-state index in [0.717, 1.165) is 23.7 Å². The minimum atomic E-state index is -3.99. The molecule has 1 heterocycles. The van der Waals surface area contributed by atoms with Crippen LogP contribution in [0, 0.1) is 11.5 Å². The minimum Gasteiger partial charge on any atom is -0.465 e. The topological polar surface area (TPSA) is 118 Å². The number of carbonyl (C=O) groups is 1. The van der Waals surface area contributed by atoms with Crippen LogP contribution in [0.3, 0.4) is 0 Å². The molecule has 2 aromatic rings. The Morgan fingerprint density at radius 3 is 2.28 bits per heavy atom. The summed E-state index contributed by atoms with van der Waals surface area (Å²) in [7, 11) is -9.40. The van der Waals surface area contributed by atoms with Crippen molar-refractivity contribution in [3.63, 3.8) is 0 Å². The molecule has 0 aliphatic carbocycles. The van der Waals surface area contributed by atoms with Gasteiger partial charge in [-0.05, 0) is 30.3 Å². The fraction of sp³-hybridized carbons (Fsp3) is 0.278. The molecule has 1 aromatic carbocycles. The van der Waals surface area contributed by atoms with Gasteiger partial charge in [0.15, 0.2) is 9.84 Å². The van der Waals surface area contributed by atoms with Gasteiger partial charge in [-0.3, -0.25) is 0 Å². The van der Waals surface area contributed by atoms with Gasteiger partial charge >= 0.3 is 6.09 Å². The summed E-state index contributed by atoms with van der Waals surface area (Å²) in [6.07, 6.45) is -0.204. The number of rotatable bonds is 5. The van der Waals surface area contributed by atoms with Gasteiger partial charge in [-0.15, -0.1) is 16.9 Å². The van der Waals surface area contributed by atoms with Gasteiger partial charge in [-0.2, -0.15) is 0 Å². The summed E-state index contributed by atoms with van der Waals surface area (Å²) in [5.41, 5.74) is 3.42. The number of benzene rings is 1. The first kappa shape index (κ1) is 23.1. The van der Waals surface area contributed by atoms with Gasteiger partial charge in [0.25, 0.3) is 0 Å². The first-order chi connectivity index (χ1) is 13.2. The molecule has 0 aliphatic rings. The summed E-state index contributed by atoms with van der Waals surface area (Å²) >= 11 is 0.921. The number of carboxylic acid groups (broad SMARTS) is 1. The number of sulfone groups is 2. The molecule has 0 atom stereocenters. The van der Waals surface area contributed by atoms with Crippen molar-refractivity contribution in [1.82, 2.24) is 5.32 Å². The zero-order valence-electron chi connectivity index (χ0n) is 16.3. The highest BCUT2D eigenvalue weighted by Crippen LogP contribution is 2.30. The van der Waals surface area contributed by atoms with E-state index in [1.807, 2.05) is 19.6 Å². The van der Waals surface area contributed by atoms with Crippen LogP contribution in [-0.4, -0.2) is 42.4 Å². The minimum absolute atomic E-state index is 0.00514. The Bertz CT molecular complexity index is 1210. The van der Waals surface area contributed by atoms with Gasteiger partial charge in [0, 0.05) is 16.7 Å². The zero-order valence-corrected chi connectivity index (χ0v) is 19.8. The fourth-order valence-corrected chi connectivity index (χ4v) is 6.19. The summed E-state index contributed by atoms with van der Waals surface area (Å²) in [6.45, 7) is 6.05. The Morgan fingerprint density at radius 2 is 1.72 bits per heavy atom. The van der Waals surface area contributed by atoms with E-state index in [9.17, 15) is 21.6 Å². The van der Waals surface area contributed by atoms with Crippen molar-refractivity contribution in [2.24, 2.45) is 0 Å². The van der Waals surface area contributed by atoms with Gasteiger partial charge in [0.2, 0.25) is 9.84 Å². The van der Waals surface area contributed by atoms with Crippen molar-refractivity contribution < 1.29 is 26.7 Å². The first-order valence-corrected chi connectivity index (χ1v) is 16.1. The first-order valence-electron chi connectivity index (χ1n) is 8.37. The second kappa shape index (κ2) is 8.31. The van der Waals surface area contributed by atoms with Gasteiger partial charge in [-0.25, -0.2) is 21.6 Å². The average molecular weight is 472 g/mol. The van der Waals surface area contributed by atoms with E-state index in [0.29, 0.717) is 10.4 Å². The quantitative estimate of drug-likeness (QED) is 0.511. The monoisotopic (exact) mass is 471 g/mol. The third-order valence-corrected chi connectivity index (χ3v) is 8.79. The summed E-state index contributed by atoms with van der Waals surface area (Å²) in [5, 5.41) is 10.8. The van der Waals surface area contributed by atoms with Crippen LogP contribution in [0.25, 0.3) is 0 Å². The van der Waals surface area contributed by atoms with Crippen LogP contribution in [0.2, 0.25) is 19.6 Å². The van der Waals surface area contributed by atoms with Crippen LogP contribution in [0.1, 0.15) is 10.4 Å². The molecule has 0 unspecified atom stereocenters. The van der Waals surface area contributed by atoms with Gasteiger partial charge < -0.3 is 10.4 Å². The smallest absolute Gasteiger partial charge is 0.404 e. The van der Waals surface area contributed by atoms with Crippen molar-refractivity contribution in [1.29, 1.82) is 0 Å². The number of amides is 1. The molecule has 1 aromatic heterocycles. The predicted octanol–water partition coefficient (Wildman–Crippen LogP) is 2.98. The summed E-state index contributed by atoms with van der Waals surface area (Å²) < 4.78 is 50.2. The molecule has 11 heteroatoms. The van der Waals surface area contributed by atoms with Crippen LogP contribution in [0.15, 0.2) is 44.3 Å². The molecule has 0 spiro atoms. The van der Waals surface area contributed by atoms with E-state index in [-0.39, 0.29) is 20.5 Å². The predicted molar refractivity (Wildman–Crippen MR) is 114 cm³/mol. The van der Waals surface area contributed by atoms with Crippen LogP contribution in [0.4, 0.5) is 4.79 Å². The van der Waals surface area contributed by atoms with Crippen LogP contribution >= 0.6 is 11.3 Å². The van der Waals surface area contributed by atoms with E-state index in [1.165, 1.54) is 24.3 Å². The highest BCUT2D eigenvalue weighted by atomic mass is 32.2. The van der Waals surface area contributed by atoms with Crippen LogP contribution in [0.5, 0.6) is 0 Å². The van der Waals surface area contributed by atoms with Gasteiger partial charge in [0.05, 0.1) is 16.3 Å². The fourth-order valence-electron chi connectivity index (χ4n) is 2.15. The van der Waals surface area contributed by atoms with Crippen molar-refractivity contribution in [3.05, 3.63) is 40.8 Å². The number of hydrogen-bond acceptors (Lipinski definition) is 6. The maximum absolute atomic E-state index is 13.1. The lowest BCUT2D eigenvalue weighted by Crippen LogP contribution is -2.19. The number of nitrogens with one attached hydrogen (secondary N) is 1. The Kier molecular flexibility index (Phi) is 6.64. The summed E-state index contributed by atoms with van der Waals surface area (Å²) in [4.78, 5) is 10.8.